The number of ether oxygens (including phenoxy) is 1. The molecular formula is C20H20N2O6. The van der Waals surface area contributed by atoms with E-state index in [1.54, 1.807) is 4.90 Å². The van der Waals surface area contributed by atoms with Crippen LogP contribution in [0, 0.1) is 17.0 Å². The number of nitro groups is 1. The summed E-state index contributed by atoms with van der Waals surface area (Å²) >= 11 is 0. The van der Waals surface area contributed by atoms with E-state index in [2.05, 4.69) is 0 Å². The fourth-order valence-corrected chi connectivity index (χ4v) is 3.31. The first-order chi connectivity index (χ1) is 13.3. The number of non-ortho nitro benzene ring substituents is 1. The molecule has 3 rings (SSSR count). The van der Waals surface area contributed by atoms with Crippen LogP contribution >= 0.6 is 0 Å². The summed E-state index contributed by atoms with van der Waals surface area (Å²) in [5.74, 6) is -1.79. The fraction of sp³-hybridized carbons (Fsp3) is 0.300. The van der Waals surface area contributed by atoms with Gasteiger partial charge in [0.05, 0.1) is 29.7 Å². The normalized spacial score (nSPS) is 19.3. The fourth-order valence-electron chi connectivity index (χ4n) is 3.31. The Morgan fingerprint density at radius 1 is 1.21 bits per heavy atom. The van der Waals surface area contributed by atoms with E-state index in [4.69, 9.17) is 4.74 Å². The molecule has 1 N–H and O–H groups in total. The second-order valence-electron chi connectivity index (χ2n) is 6.82. The van der Waals surface area contributed by atoms with Gasteiger partial charge in [-0.15, -0.1) is 0 Å². The van der Waals surface area contributed by atoms with Gasteiger partial charge in [0.2, 0.25) is 0 Å². The molecule has 1 heterocycles. The first kappa shape index (κ1) is 19.5. The summed E-state index contributed by atoms with van der Waals surface area (Å²) in [4.78, 5) is 36.4. The van der Waals surface area contributed by atoms with Gasteiger partial charge in [-0.3, -0.25) is 14.9 Å². The van der Waals surface area contributed by atoms with Crippen molar-refractivity contribution in [3.05, 3.63) is 74.8 Å². The van der Waals surface area contributed by atoms with E-state index >= 15 is 0 Å². The molecule has 2 aromatic carbocycles. The van der Waals surface area contributed by atoms with Crippen molar-refractivity contribution in [3.8, 4) is 0 Å². The summed E-state index contributed by atoms with van der Waals surface area (Å²) in [6, 6.07) is 10.7. The number of nitro benzene ring substituents is 1. The molecule has 8 heteroatoms. The summed E-state index contributed by atoms with van der Waals surface area (Å²) in [6.45, 7) is 4.37. The van der Waals surface area contributed by atoms with Gasteiger partial charge in [0.15, 0.2) is 0 Å². The van der Waals surface area contributed by atoms with Gasteiger partial charge in [-0.1, -0.05) is 24.3 Å². The van der Waals surface area contributed by atoms with E-state index in [1.807, 2.05) is 38.1 Å². The van der Waals surface area contributed by atoms with Crippen LogP contribution in [0.3, 0.4) is 0 Å². The van der Waals surface area contributed by atoms with Gasteiger partial charge >= 0.3 is 5.97 Å². The van der Waals surface area contributed by atoms with Crippen LogP contribution in [0.1, 0.15) is 44.9 Å². The monoisotopic (exact) mass is 384 g/mol. The molecule has 146 valence electrons. The second kappa shape index (κ2) is 7.77. The molecule has 2 aromatic rings. The smallest absolute Gasteiger partial charge is 0.335 e. The van der Waals surface area contributed by atoms with E-state index in [-0.39, 0.29) is 29.8 Å². The molecule has 8 nitrogen and oxygen atoms in total. The largest absolute Gasteiger partial charge is 0.478 e. The predicted molar refractivity (Wildman–Crippen MR) is 100 cm³/mol. The van der Waals surface area contributed by atoms with Gasteiger partial charge in [0.25, 0.3) is 11.6 Å². The quantitative estimate of drug-likeness (QED) is 0.640. The van der Waals surface area contributed by atoms with Gasteiger partial charge in [-0.2, -0.15) is 0 Å². The van der Waals surface area contributed by atoms with Gasteiger partial charge < -0.3 is 14.7 Å². The Labute approximate surface area is 161 Å². The Morgan fingerprint density at radius 3 is 2.54 bits per heavy atom. The number of hydrogen-bond donors (Lipinski definition) is 1. The van der Waals surface area contributed by atoms with Crippen LogP contribution in [-0.2, 0) is 4.74 Å². The van der Waals surface area contributed by atoms with Crippen molar-refractivity contribution in [3.63, 3.8) is 0 Å². The molecule has 0 spiro atoms. The molecule has 1 fully saturated rings. The number of aryl methyl sites for hydroxylation is 1. The summed E-state index contributed by atoms with van der Waals surface area (Å²) in [5.41, 5.74) is 1.26. The van der Waals surface area contributed by atoms with Crippen molar-refractivity contribution in [2.24, 2.45) is 0 Å². The lowest BCUT2D eigenvalue weighted by Gasteiger charge is -2.38. The highest BCUT2D eigenvalue weighted by atomic mass is 16.6. The number of carbonyl (C=O) groups is 2. The minimum atomic E-state index is -1.33. The van der Waals surface area contributed by atoms with Gasteiger partial charge in [0.1, 0.15) is 6.10 Å². The Bertz CT molecular complexity index is 910. The van der Waals surface area contributed by atoms with Crippen molar-refractivity contribution in [2.75, 3.05) is 13.2 Å². The Kier molecular flexibility index (Phi) is 5.41. The number of carboxylic acids is 1. The van der Waals surface area contributed by atoms with E-state index in [0.717, 1.165) is 23.3 Å². The van der Waals surface area contributed by atoms with Crippen LogP contribution in [0.15, 0.2) is 42.5 Å². The first-order valence-electron chi connectivity index (χ1n) is 8.78. The van der Waals surface area contributed by atoms with Gasteiger partial charge in [-0.25, -0.2) is 4.79 Å². The van der Waals surface area contributed by atoms with E-state index in [1.165, 1.54) is 6.07 Å². The molecule has 0 aliphatic carbocycles. The molecule has 28 heavy (non-hydrogen) atoms. The lowest BCUT2D eigenvalue weighted by Crippen LogP contribution is -2.48. The van der Waals surface area contributed by atoms with Crippen LogP contribution < -0.4 is 0 Å². The standard InChI is InChI=1S/C20H20N2O6/c1-12-5-3-4-6-17(12)18-10-21(13(2)11-28-18)19(23)14-7-15(20(24)25)9-16(8-14)22(26)27/h3-9,13,18H,10-11H2,1-2H3,(H,24,25). The van der Waals surface area contributed by atoms with Gasteiger partial charge in [0, 0.05) is 17.7 Å². The Balaban J connectivity index is 1.93. The zero-order chi connectivity index (χ0) is 20.4. The minimum Gasteiger partial charge on any atom is -0.478 e. The Hall–Kier alpha value is -3.26. The van der Waals surface area contributed by atoms with Crippen molar-refractivity contribution in [1.29, 1.82) is 0 Å². The Morgan fingerprint density at radius 2 is 1.89 bits per heavy atom. The number of carbonyl (C=O) groups excluding carboxylic acids is 1. The molecule has 0 bridgehead atoms. The van der Waals surface area contributed by atoms with Crippen molar-refractivity contribution in [2.45, 2.75) is 26.0 Å². The van der Waals surface area contributed by atoms with Crippen molar-refractivity contribution >= 4 is 17.6 Å². The number of nitrogens with zero attached hydrogens (tertiary/aromatic N) is 2. The third-order valence-corrected chi connectivity index (χ3v) is 4.85. The average molecular weight is 384 g/mol. The topological polar surface area (TPSA) is 110 Å². The maximum absolute atomic E-state index is 13.1. The SMILES string of the molecule is Cc1ccccc1C1CN(C(=O)c2cc(C(=O)O)cc([N+](=O)[O-])c2)C(C)CO1. The number of rotatable bonds is 4. The van der Waals surface area contributed by atoms with Gasteiger partial charge in [-0.05, 0) is 31.0 Å². The third kappa shape index (κ3) is 3.86. The summed E-state index contributed by atoms with van der Waals surface area (Å²) in [7, 11) is 0. The number of carboxylic acid groups (broad SMARTS) is 1. The highest BCUT2D eigenvalue weighted by molar-refractivity contribution is 5.98. The summed E-state index contributed by atoms with van der Waals surface area (Å²) in [5, 5.41) is 20.3. The number of hydrogen-bond acceptors (Lipinski definition) is 5. The van der Waals surface area contributed by atoms with E-state index < -0.39 is 22.5 Å². The number of morpholine rings is 1. The third-order valence-electron chi connectivity index (χ3n) is 4.85. The molecule has 0 aromatic heterocycles. The van der Waals surface area contributed by atoms with Crippen molar-refractivity contribution < 1.29 is 24.4 Å². The highest BCUT2D eigenvalue weighted by Crippen LogP contribution is 2.29. The van der Waals surface area contributed by atoms with Crippen LogP contribution in [-0.4, -0.2) is 46.0 Å². The number of amides is 1. The zero-order valence-electron chi connectivity index (χ0n) is 15.5. The lowest BCUT2D eigenvalue weighted by molar-refractivity contribution is -0.384. The summed E-state index contributed by atoms with van der Waals surface area (Å²) in [6.07, 6.45) is -0.320. The average Bonchev–Trinajstić information content (AvgIpc) is 2.68. The predicted octanol–water partition coefficient (Wildman–Crippen LogP) is 3.20. The van der Waals surface area contributed by atoms with Crippen LogP contribution in [0.25, 0.3) is 0 Å². The molecule has 0 saturated carbocycles. The molecule has 2 atom stereocenters. The number of benzene rings is 2. The van der Waals surface area contributed by atoms with Crippen LogP contribution in [0.5, 0.6) is 0 Å². The lowest BCUT2D eigenvalue weighted by atomic mass is 10.00. The molecule has 1 amide bonds. The molecule has 2 unspecified atom stereocenters. The van der Waals surface area contributed by atoms with E-state index in [0.29, 0.717) is 6.61 Å². The summed E-state index contributed by atoms with van der Waals surface area (Å²) < 4.78 is 5.90. The van der Waals surface area contributed by atoms with Crippen LogP contribution in [0.4, 0.5) is 5.69 Å². The number of aromatic carboxylic acids is 1. The molecule has 1 aliphatic rings. The van der Waals surface area contributed by atoms with E-state index in [9.17, 15) is 24.8 Å². The molecule has 1 saturated heterocycles. The minimum absolute atomic E-state index is 0.0242. The second-order valence-corrected chi connectivity index (χ2v) is 6.82. The highest BCUT2D eigenvalue weighted by Gasteiger charge is 2.32. The first-order valence-corrected chi connectivity index (χ1v) is 8.78. The zero-order valence-corrected chi connectivity index (χ0v) is 15.5. The van der Waals surface area contributed by atoms with Crippen LogP contribution in [0.2, 0.25) is 0 Å². The molecular weight excluding hydrogens is 364 g/mol. The maximum atomic E-state index is 13.1. The molecule has 0 radical (unpaired) electrons. The maximum Gasteiger partial charge on any atom is 0.335 e. The van der Waals surface area contributed by atoms with Crippen molar-refractivity contribution in [1.82, 2.24) is 4.90 Å². The molecule has 1 aliphatic heterocycles.